The molecule has 0 aromatic heterocycles. The third-order valence-electron chi connectivity index (χ3n) is 3.18. The molecule has 0 bridgehead atoms. The van der Waals surface area contributed by atoms with Crippen molar-refractivity contribution in [2.45, 2.75) is 13.8 Å². The van der Waals surface area contributed by atoms with E-state index in [-0.39, 0.29) is 11.9 Å². The lowest BCUT2D eigenvalue weighted by molar-refractivity contribution is 0.0525. The number of hydrogen-bond acceptors (Lipinski definition) is 3. The van der Waals surface area contributed by atoms with E-state index in [1.165, 1.54) is 0 Å². The molecule has 22 heavy (non-hydrogen) atoms. The van der Waals surface area contributed by atoms with Gasteiger partial charge in [0.1, 0.15) is 0 Å². The van der Waals surface area contributed by atoms with Crippen LogP contribution in [0.25, 0.3) is 0 Å². The summed E-state index contributed by atoms with van der Waals surface area (Å²) in [6, 6.07) is 12.5. The summed E-state index contributed by atoms with van der Waals surface area (Å²) in [7, 11) is 0. The van der Waals surface area contributed by atoms with Crippen LogP contribution in [0.1, 0.15) is 33.2 Å². The van der Waals surface area contributed by atoms with Crippen molar-refractivity contribution in [3.05, 3.63) is 62.7 Å². The van der Waals surface area contributed by atoms with Crippen molar-refractivity contribution in [1.82, 2.24) is 0 Å². The number of carbonyl (C=O) groups is 2. The summed E-state index contributed by atoms with van der Waals surface area (Å²) in [6.45, 7) is 3.86. The molecule has 0 heterocycles. The molecule has 0 saturated heterocycles. The van der Waals surface area contributed by atoms with Gasteiger partial charge >= 0.3 is 5.97 Å². The van der Waals surface area contributed by atoms with Gasteiger partial charge in [-0.3, -0.25) is 4.79 Å². The average molecular weight is 409 g/mol. The van der Waals surface area contributed by atoms with Crippen LogP contribution in [0.3, 0.4) is 0 Å². The number of amides is 1. The van der Waals surface area contributed by atoms with Crippen molar-refractivity contribution in [3.8, 4) is 0 Å². The minimum absolute atomic E-state index is 0.208. The molecule has 114 valence electrons. The fraction of sp³-hybridized carbons (Fsp3) is 0.176. The number of hydrogen-bond donors (Lipinski definition) is 1. The SMILES string of the molecule is CCOC(=O)c1cccc(NC(=O)c2ccc(I)cc2)c1C. The van der Waals surface area contributed by atoms with Crippen LogP contribution < -0.4 is 5.32 Å². The van der Waals surface area contributed by atoms with E-state index in [0.29, 0.717) is 29.0 Å². The first-order chi connectivity index (χ1) is 10.5. The van der Waals surface area contributed by atoms with Gasteiger partial charge in [0.2, 0.25) is 0 Å². The van der Waals surface area contributed by atoms with Crippen LogP contribution in [0.5, 0.6) is 0 Å². The molecule has 0 saturated carbocycles. The standard InChI is InChI=1S/C17H16INO3/c1-3-22-17(21)14-5-4-6-15(11(14)2)19-16(20)12-7-9-13(18)10-8-12/h4-10H,3H2,1-2H3,(H,19,20). The van der Waals surface area contributed by atoms with E-state index in [2.05, 4.69) is 27.9 Å². The number of carbonyl (C=O) groups excluding carboxylic acids is 2. The second-order valence-electron chi connectivity index (χ2n) is 4.66. The van der Waals surface area contributed by atoms with E-state index in [0.717, 1.165) is 3.57 Å². The Morgan fingerprint density at radius 2 is 1.82 bits per heavy atom. The lowest BCUT2D eigenvalue weighted by Crippen LogP contribution is -2.14. The maximum absolute atomic E-state index is 12.3. The Kier molecular flexibility index (Phi) is 5.54. The van der Waals surface area contributed by atoms with E-state index in [1.54, 1.807) is 44.2 Å². The molecule has 0 spiro atoms. The smallest absolute Gasteiger partial charge is 0.338 e. The third-order valence-corrected chi connectivity index (χ3v) is 3.90. The molecule has 5 heteroatoms. The van der Waals surface area contributed by atoms with Gasteiger partial charge in [0.05, 0.1) is 12.2 Å². The van der Waals surface area contributed by atoms with Gasteiger partial charge in [0, 0.05) is 14.8 Å². The van der Waals surface area contributed by atoms with Gasteiger partial charge in [0.25, 0.3) is 5.91 Å². The molecule has 0 aliphatic rings. The number of halogens is 1. The van der Waals surface area contributed by atoms with Gasteiger partial charge < -0.3 is 10.1 Å². The highest BCUT2D eigenvalue weighted by molar-refractivity contribution is 14.1. The first-order valence-electron chi connectivity index (χ1n) is 6.86. The number of nitrogens with one attached hydrogen (secondary N) is 1. The number of anilines is 1. The highest BCUT2D eigenvalue weighted by atomic mass is 127. The molecule has 2 aromatic rings. The molecule has 4 nitrogen and oxygen atoms in total. The molecule has 0 atom stereocenters. The summed E-state index contributed by atoms with van der Waals surface area (Å²) in [5, 5.41) is 2.83. The molecule has 0 aliphatic heterocycles. The number of ether oxygens (including phenoxy) is 1. The molecular formula is C17H16INO3. The minimum atomic E-state index is -0.384. The second-order valence-corrected chi connectivity index (χ2v) is 5.91. The minimum Gasteiger partial charge on any atom is -0.462 e. The Balaban J connectivity index is 2.22. The quantitative estimate of drug-likeness (QED) is 0.613. The Bertz CT molecular complexity index is 696. The van der Waals surface area contributed by atoms with E-state index in [9.17, 15) is 9.59 Å². The Labute approximate surface area is 143 Å². The summed E-state index contributed by atoms with van der Waals surface area (Å²) in [6.07, 6.45) is 0. The van der Waals surface area contributed by atoms with Crippen molar-refractivity contribution in [2.75, 3.05) is 11.9 Å². The summed E-state index contributed by atoms with van der Waals surface area (Å²) in [5.74, 6) is -0.592. The van der Waals surface area contributed by atoms with E-state index in [1.807, 2.05) is 12.1 Å². The largest absolute Gasteiger partial charge is 0.462 e. The van der Waals surface area contributed by atoms with Crippen LogP contribution in [-0.4, -0.2) is 18.5 Å². The molecule has 2 aromatic carbocycles. The van der Waals surface area contributed by atoms with Crippen molar-refractivity contribution < 1.29 is 14.3 Å². The van der Waals surface area contributed by atoms with Gasteiger partial charge in [-0.1, -0.05) is 6.07 Å². The third kappa shape index (κ3) is 3.85. The molecule has 1 N–H and O–H groups in total. The van der Waals surface area contributed by atoms with Gasteiger partial charge in [-0.2, -0.15) is 0 Å². The molecule has 0 fully saturated rings. The molecule has 0 unspecified atom stereocenters. The van der Waals surface area contributed by atoms with Gasteiger partial charge in [-0.25, -0.2) is 4.79 Å². The molecule has 2 rings (SSSR count). The van der Waals surface area contributed by atoms with Crippen LogP contribution in [0.15, 0.2) is 42.5 Å². The van der Waals surface area contributed by atoms with Gasteiger partial charge in [0.15, 0.2) is 0 Å². The maximum Gasteiger partial charge on any atom is 0.338 e. The highest BCUT2D eigenvalue weighted by Gasteiger charge is 2.14. The van der Waals surface area contributed by atoms with Crippen molar-refractivity contribution in [1.29, 1.82) is 0 Å². The van der Waals surface area contributed by atoms with Crippen LogP contribution in [0, 0.1) is 10.5 Å². The predicted molar refractivity (Wildman–Crippen MR) is 94.2 cm³/mol. The first-order valence-corrected chi connectivity index (χ1v) is 7.94. The summed E-state index contributed by atoms with van der Waals surface area (Å²) >= 11 is 2.19. The van der Waals surface area contributed by atoms with Crippen LogP contribution in [0.2, 0.25) is 0 Å². The highest BCUT2D eigenvalue weighted by Crippen LogP contribution is 2.21. The normalized spacial score (nSPS) is 10.1. The van der Waals surface area contributed by atoms with Crippen LogP contribution in [0.4, 0.5) is 5.69 Å². The zero-order chi connectivity index (χ0) is 16.1. The molecule has 0 radical (unpaired) electrons. The zero-order valence-electron chi connectivity index (χ0n) is 12.4. The predicted octanol–water partition coefficient (Wildman–Crippen LogP) is 4.03. The lowest BCUT2D eigenvalue weighted by Gasteiger charge is -2.12. The van der Waals surface area contributed by atoms with Gasteiger partial charge in [-0.15, -0.1) is 0 Å². The van der Waals surface area contributed by atoms with E-state index in [4.69, 9.17) is 4.74 Å². The van der Waals surface area contributed by atoms with Gasteiger partial charge in [-0.05, 0) is 78.4 Å². The number of esters is 1. The second kappa shape index (κ2) is 7.40. The Morgan fingerprint density at radius 1 is 1.14 bits per heavy atom. The summed E-state index contributed by atoms with van der Waals surface area (Å²) < 4.78 is 6.08. The fourth-order valence-electron chi connectivity index (χ4n) is 2.00. The van der Waals surface area contributed by atoms with Crippen LogP contribution in [-0.2, 0) is 4.74 Å². The average Bonchev–Trinajstić information content (AvgIpc) is 2.50. The first kappa shape index (κ1) is 16.5. The Hall–Kier alpha value is -1.89. The maximum atomic E-state index is 12.3. The van der Waals surface area contributed by atoms with Crippen LogP contribution >= 0.6 is 22.6 Å². The molecular weight excluding hydrogens is 393 g/mol. The Morgan fingerprint density at radius 3 is 2.45 bits per heavy atom. The monoisotopic (exact) mass is 409 g/mol. The van der Waals surface area contributed by atoms with Crippen molar-refractivity contribution in [2.24, 2.45) is 0 Å². The van der Waals surface area contributed by atoms with E-state index < -0.39 is 0 Å². The van der Waals surface area contributed by atoms with E-state index >= 15 is 0 Å². The van der Waals surface area contributed by atoms with Crippen molar-refractivity contribution in [3.63, 3.8) is 0 Å². The topological polar surface area (TPSA) is 55.4 Å². The summed E-state index contributed by atoms with van der Waals surface area (Å²) in [5.41, 5.74) is 2.33. The molecule has 1 amide bonds. The molecule has 0 aliphatic carbocycles. The lowest BCUT2D eigenvalue weighted by atomic mass is 10.1. The summed E-state index contributed by atoms with van der Waals surface area (Å²) in [4.78, 5) is 24.1. The number of rotatable bonds is 4. The van der Waals surface area contributed by atoms with Crippen molar-refractivity contribution >= 4 is 40.2 Å². The number of benzene rings is 2. The fourth-order valence-corrected chi connectivity index (χ4v) is 2.36. The zero-order valence-corrected chi connectivity index (χ0v) is 14.5.